The van der Waals surface area contributed by atoms with Gasteiger partial charge in [-0.2, -0.15) is 0 Å². The van der Waals surface area contributed by atoms with Crippen LogP contribution in [0.2, 0.25) is 0 Å². The van der Waals surface area contributed by atoms with Crippen LogP contribution in [-0.2, 0) is 18.4 Å². The fourth-order valence-electron chi connectivity index (χ4n) is 4.96. The Morgan fingerprint density at radius 2 is 1.20 bits per heavy atom. The number of allylic oxidation sites excluding steroid dienone is 3. The minimum absolute atomic E-state index is 0.0543. The maximum Gasteiger partial charge on any atom is 0.472 e. The van der Waals surface area contributed by atoms with Crippen molar-refractivity contribution in [3.05, 3.63) is 24.3 Å². The molecule has 0 aromatic heterocycles. The summed E-state index contributed by atoms with van der Waals surface area (Å²) in [7, 11) is 1.54. The van der Waals surface area contributed by atoms with Crippen molar-refractivity contribution >= 4 is 13.7 Å². The van der Waals surface area contributed by atoms with E-state index in [1.807, 2.05) is 27.2 Å². The Morgan fingerprint density at radius 1 is 0.733 bits per heavy atom. The number of aliphatic hydroxyl groups excluding tert-OH is 1. The molecule has 0 aromatic rings. The molecule has 0 aromatic carbocycles. The van der Waals surface area contributed by atoms with Gasteiger partial charge in [-0.1, -0.05) is 141 Å². The number of unbranched alkanes of at least 4 members (excludes halogenated alkanes) is 18. The standard InChI is InChI=1S/C36H71N2O6P/c1-6-8-9-10-11-12-13-14-15-16-17-18-19-20-21-22-23-24-25-26-27-28-29-30-35(39)34(37-36(40)7-2)33-44-45(41,42)43-32-31-38(3,4)5/h25-26,29-30,34-35,39H,6-24,27-28,31-33H2,1-5H3,(H-,37,40,41,42)/p+1/b26-25+,30-29+. The third kappa shape index (κ3) is 31.4. The molecule has 3 atom stereocenters. The number of quaternary nitrogens is 1. The van der Waals surface area contributed by atoms with E-state index in [-0.39, 0.29) is 25.5 Å². The molecule has 0 bridgehead atoms. The van der Waals surface area contributed by atoms with Crippen molar-refractivity contribution in [1.82, 2.24) is 5.32 Å². The number of nitrogens with one attached hydrogen (secondary N) is 1. The lowest BCUT2D eigenvalue weighted by Crippen LogP contribution is -2.45. The Labute approximate surface area is 277 Å². The molecule has 0 aliphatic rings. The smallest absolute Gasteiger partial charge is 0.387 e. The van der Waals surface area contributed by atoms with E-state index in [1.165, 1.54) is 109 Å². The molecule has 0 fully saturated rings. The van der Waals surface area contributed by atoms with Crippen LogP contribution in [0, 0.1) is 0 Å². The number of nitrogens with zero attached hydrogens (tertiary/aromatic N) is 1. The number of amides is 1. The Bertz CT molecular complexity index is 799. The van der Waals surface area contributed by atoms with Gasteiger partial charge in [-0.15, -0.1) is 0 Å². The summed E-state index contributed by atoms with van der Waals surface area (Å²) in [6.07, 6.45) is 33.4. The molecule has 3 N–H and O–H groups in total. The van der Waals surface area contributed by atoms with Crippen molar-refractivity contribution in [2.45, 2.75) is 161 Å². The first kappa shape index (κ1) is 44.0. The van der Waals surface area contributed by atoms with Crippen molar-refractivity contribution in [3.8, 4) is 0 Å². The maximum absolute atomic E-state index is 12.2. The number of likely N-dealkylation sites (N-methyl/N-ethyl adjacent to an activating group) is 1. The highest BCUT2D eigenvalue weighted by Gasteiger charge is 2.27. The summed E-state index contributed by atoms with van der Waals surface area (Å²) in [4.78, 5) is 21.9. The van der Waals surface area contributed by atoms with Crippen molar-refractivity contribution < 1.29 is 32.9 Å². The molecule has 3 unspecified atom stereocenters. The Morgan fingerprint density at radius 3 is 1.69 bits per heavy atom. The summed E-state index contributed by atoms with van der Waals surface area (Å²) in [6, 6.07) is -0.855. The third-order valence-corrected chi connectivity index (χ3v) is 8.97. The van der Waals surface area contributed by atoms with Gasteiger partial charge in [-0.3, -0.25) is 13.8 Å². The fourth-order valence-corrected chi connectivity index (χ4v) is 5.70. The van der Waals surface area contributed by atoms with Crippen molar-refractivity contribution in [2.24, 2.45) is 0 Å². The van der Waals surface area contributed by atoms with Gasteiger partial charge in [0.25, 0.3) is 0 Å². The zero-order valence-electron chi connectivity index (χ0n) is 29.9. The molecule has 0 aliphatic carbocycles. The monoisotopic (exact) mass is 660 g/mol. The number of rotatable bonds is 32. The highest BCUT2D eigenvalue weighted by molar-refractivity contribution is 7.47. The van der Waals surface area contributed by atoms with E-state index in [2.05, 4.69) is 24.4 Å². The van der Waals surface area contributed by atoms with E-state index in [0.29, 0.717) is 11.0 Å². The number of carbonyl (C=O) groups is 1. The zero-order valence-corrected chi connectivity index (χ0v) is 30.8. The van der Waals surface area contributed by atoms with E-state index in [1.54, 1.807) is 13.0 Å². The van der Waals surface area contributed by atoms with E-state index >= 15 is 0 Å². The predicted octanol–water partition coefficient (Wildman–Crippen LogP) is 9.02. The lowest BCUT2D eigenvalue weighted by atomic mass is 10.0. The summed E-state index contributed by atoms with van der Waals surface area (Å²) in [5.74, 6) is -0.276. The van der Waals surface area contributed by atoms with Crippen molar-refractivity contribution in [1.29, 1.82) is 0 Å². The topological polar surface area (TPSA) is 105 Å². The van der Waals surface area contributed by atoms with Crippen molar-refractivity contribution in [2.75, 3.05) is 40.9 Å². The Hall–Kier alpha value is -1.02. The molecule has 45 heavy (non-hydrogen) atoms. The van der Waals surface area contributed by atoms with Crippen LogP contribution < -0.4 is 5.32 Å². The van der Waals surface area contributed by atoms with Crippen LogP contribution in [0.5, 0.6) is 0 Å². The molecule has 8 nitrogen and oxygen atoms in total. The van der Waals surface area contributed by atoms with Crippen LogP contribution in [0.4, 0.5) is 0 Å². The lowest BCUT2D eigenvalue weighted by molar-refractivity contribution is -0.870. The number of hydrogen-bond donors (Lipinski definition) is 3. The van der Waals surface area contributed by atoms with Crippen LogP contribution in [0.3, 0.4) is 0 Å². The number of aliphatic hydroxyl groups is 1. The summed E-state index contributed by atoms with van der Waals surface area (Å²) >= 11 is 0. The second kappa shape index (κ2) is 29.1. The van der Waals surface area contributed by atoms with Crippen LogP contribution in [0.15, 0.2) is 24.3 Å². The van der Waals surface area contributed by atoms with E-state index in [0.717, 1.165) is 19.3 Å². The second-order valence-electron chi connectivity index (χ2n) is 13.6. The van der Waals surface area contributed by atoms with Gasteiger partial charge >= 0.3 is 7.82 Å². The Balaban J connectivity index is 3.93. The van der Waals surface area contributed by atoms with Gasteiger partial charge in [-0.05, 0) is 25.7 Å². The van der Waals surface area contributed by atoms with Crippen LogP contribution in [0.1, 0.15) is 149 Å². The third-order valence-electron chi connectivity index (χ3n) is 7.99. The van der Waals surface area contributed by atoms with Crippen LogP contribution >= 0.6 is 7.82 Å². The maximum atomic E-state index is 12.2. The van der Waals surface area contributed by atoms with E-state index in [4.69, 9.17) is 9.05 Å². The molecule has 0 heterocycles. The van der Waals surface area contributed by atoms with Crippen molar-refractivity contribution in [3.63, 3.8) is 0 Å². The van der Waals surface area contributed by atoms with Crippen LogP contribution in [0.25, 0.3) is 0 Å². The van der Waals surface area contributed by atoms with Gasteiger partial charge in [0.05, 0.1) is 39.9 Å². The quantitative estimate of drug-likeness (QED) is 0.0288. The second-order valence-corrected chi connectivity index (χ2v) is 15.0. The lowest BCUT2D eigenvalue weighted by Gasteiger charge is -2.25. The average Bonchev–Trinajstić information content (AvgIpc) is 2.98. The summed E-state index contributed by atoms with van der Waals surface area (Å²) in [5, 5.41) is 13.3. The molecule has 0 rings (SSSR count). The molecule has 0 spiro atoms. The molecular weight excluding hydrogens is 587 g/mol. The molecule has 1 amide bonds. The number of phosphoric acid groups is 1. The molecule has 9 heteroatoms. The first-order valence-electron chi connectivity index (χ1n) is 18.2. The minimum Gasteiger partial charge on any atom is -0.387 e. The summed E-state index contributed by atoms with van der Waals surface area (Å²) in [5.41, 5.74) is 0. The van der Waals surface area contributed by atoms with Gasteiger partial charge in [0.2, 0.25) is 5.91 Å². The predicted molar refractivity (Wildman–Crippen MR) is 189 cm³/mol. The molecule has 266 valence electrons. The van der Waals surface area contributed by atoms with Gasteiger partial charge in [0, 0.05) is 6.42 Å². The van der Waals surface area contributed by atoms with Gasteiger partial charge in [-0.25, -0.2) is 4.57 Å². The average molecular weight is 660 g/mol. The zero-order chi connectivity index (χ0) is 33.7. The largest absolute Gasteiger partial charge is 0.472 e. The highest BCUT2D eigenvalue weighted by atomic mass is 31.2. The van der Waals surface area contributed by atoms with E-state index in [9.17, 15) is 19.4 Å². The first-order chi connectivity index (χ1) is 21.5. The number of carbonyl (C=O) groups excluding carboxylic acids is 1. The van der Waals surface area contributed by atoms with Gasteiger partial charge < -0.3 is 19.8 Å². The molecule has 0 saturated heterocycles. The molecule has 0 saturated carbocycles. The number of hydrogen-bond acceptors (Lipinski definition) is 5. The first-order valence-corrected chi connectivity index (χ1v) is 19.7. The summed E-state index contributed by atoms with van der Waals surface area (Å²) < 4.78 is 22.9. The minimum atomic E-state index is -4.30. The molecule has 0 radical (unpaired) electrons. The van der Waals surface area contributed by atoms with Gasteiger partial charge in [0.15, 0.2) is 0 Å². The van der Waals surface area contributed by atoms with Gasteiger partial charge in [0.1, 0.15) is 13.2 Å². The normalized spacial score (nSPS) is 15.1. The molecule has 0 aliphatic heterocycles. The van der Waals surface area contributed by atoms with E-state index < -0.39 is 20.0 Å². The highest BCUT2D eigenvalue weighted by Crippen LogP contribution is 2.43. The Kier molecular flexibility index (Phi) is 28.5. The fraction of sp³-hybridized carbons (Fsp3) is 0.861. The number of phosphoric ester groups is 1. The SMILES string of the molecule is CCCCCCCCCCCCCCCCCCC/C=C/CC/C=C/C(O)C(COP(=O)(O)OCC[N+](C)(C)C)NC(=O)CC. The van der Waals surface area contributed by atoms with Crippen LogP contribution in [-0.4, -0.2) is 73.4 Å². The summed E-state index contributed by atoms with van der Waals surface area (Å²) in [6.45, 7) is 4.23. The molecular formula is C36H72N2O6P+.